The smallest absolute Gasteiger partial charge is 0.494 e. The van der Waals surface area contributed by atoms with Crippen molar-refractivity contribution < 1.29 is 14.0 Å². The van der Waals surface area contributed by atoms with Crippen molar-refractivity contribution in [3.05, 3.63) is 24.8 Å². The fourth-order valence-electron chi connectivity index (χ4n) is 1.68. The molecule has 0 N–H and O–H groups in total. The first kappa shape index (κ1) is 14.0. The third-order valence-corrected chi connectivity index (χ3v) is 3.69. The molecule has 0 aliphatic carbocycles. The summed E-state index contributed by atoms with van der Waals surface area (Å²) in [6.07, 6.45) is 3.19. The zero-order valence-electron chi connectivity index (χ0n) is 12.1. The molecule has 0 spiro atoms. The topological polar surface area (TPSA) is 53.5 Å². The quantitative estimate of drug-likeness (QED) is 0.781. The van der Waals surface area contributed by atoms with Crippen molar-refractivity contribution in [1.29, 1.82) is 0 Å². The van der Waals surface area contributed by atoms with E-state index in [9.17, 15) is 0 Å². The molecule has 6 heteroatoms. The summed E-state index contributed by atoms with van der Waals surface area (Å²) in [7, 11) is 1.04. The largest absolute Gasteiger partial charge is 0.498 e. The van der Waals surface area contributed by atoms with Crippen molar-refractivity contribution in [2.75, 3.05) is 7.11 Å². The fourth-order valence-corrected chi connectivity index (χ4v) is 1.68. The SMILES string of the molecule is C=C(B1OC(C)(C)C(C)(C)O1)c1ncc(OC)cn1. The highest BCUT2D eigenvalue weighted by Gasteiger charge is 2.52. The van der Waals surface area contributed by atoms with Gasteiger partial charge in [-0.2, -0.15) is 0 Å². The second-order valence-corrected chi connectivity index (χ2v) is 5.56. The van der Waals surface area contributed by atoms with Crippen LogP contribution in [-0.2, 0) is 9.31 Å². The molecular formula is C13H19BN2O3. The van der Waals surface area contributed by atoms with Gasteiger partial charge in [-0.15, -0.1) is 0 Å². The van der Waals surface area contributed by atoms with Crippen LogP contribution in [0.1, 0.15) is 33.5 Å². The lowest BCUT2D eigenvalue weighted by molar-refractivity contribution is 0.00578. The molecule has 1 fully saturated rings. The third kappa shape index (κ3) is 2.50. The summed E-state index contributed by atoms with van der Waals surface area (Å²) in [5.41, 5.74) is -0.179. The van der Waals surface area contributed by atoms with Crippen LogP contribution in [0.5, 0.6) is 5.75 Å². The van der Waals surface area contributed by atoms with Gasteiger partial charge in [0.25, 0.3) is 0 Å². The summed E-state index contributed by atoms with van der Waals surface area (Å²) in [5.74, 6) is 1.10. The number of aromatic nitrogens is 2. The third-order valence-electron chi connectivity index (χ3n) is 3.69. The van der Waals surface area contributed by atoms with E-state index in [-0.39, 0.29) is 0 Å². The first-order chi connectivity index (χ1) is 8.77. The first-order valence-electron chi connectivity index (χ1n) is 6.18. The summed E-state index contributed by atoms with van der Waals surface area (Å²) in [6, 6.07) is 0. The Morgan fingerprint density at radius 1 is 1.16 bits per heavy atom. The van der Waals surface area contributed by atoms with E-state index in [1.165, 1.54) is 0 Å². The van der Waals surface area contributed by atoms with Crippen LogP contribution in [-0.4, -0.2) is 35.4 Å². The van der Waals surface area contributed by atoms with Crippen molar-refractivity contribution in [1.82, 2.24) is 9.97 Å². The van der Waals surface area contributed by atoms with E-state index in [1.54, 1.807) is 19.5 Å². The Labute approximate surface area is 114 Å². The van der Waals surface area contributed by atoms with Gasteiger partial charge in [0.15, 0.2) is 11.6 Å². The molecule has 2 rings (SSSR count). The van der Waals surface area contributed by atoms with Crippen LogP contribution in [0.25, 0.3) is 5.47 Å². The number of methoxy groups -OCH3 is 1. The van der Waals surface area contributed by atoms with E-state index < -0.39 is 18.3 Å². The molecule has 1 aromatic rings. The summed E-state index contributed by atoms with van der Waals surface area (Å²) >= 11 is 0. The van der Waals surface area contributed by atoms with Gasteiger partial charge >= 0.3 is 7.12 Å². The van der Waals surface area contributed by atoms with Crippen LogP contribution >= 0.6 is 0 Å². The van der Waals surface area contributed by atoms with Gasteiger partial charge in [0, 0.05) is 5.47 Å². The van der Waals surface area contributed by atoms with Gasteiger partial charge in [0.2, 0.25) is 0 Å². The Balaban J connectivity index is 2.17. The molecule has 1 aromatic heterocycles. The van der Waals surface area contributed by atoms with Crippen LogP contribution in [0.3, 0.4) is 0 Å². The zero-order valence-corrected chi connectivity index (χ0v) is 12.1. The lowest BCUT2D eigenvalue weighted by Gasteiger charge is -2.32. The summed E-state index contributed by atoms with van der Waals surface area (Å²) in [4.78, 5) is 8.39. The normalized spacial score (nSPS) is 20.4. The molecule has 0 aromatic carbocycles. The molecule has 0 saturated carbocycles. The maximum Gasteiger partial charge on any atom is 0.498 e. The Bertz CT molecular complexity index is 469. The Morgan fingerprint density at radius 2 is 1.63 bits per heavy atom. The summed E-state index contributed by atoms with van der Waals surface area (Å²) in [5, 5.41) is 0. The molecular weight excluding hydrogens is 243 g/mol. The Kier molecular flexibility index (Phi) is 3.41. The van der Waals surface area contributed by atoms with E-state index in [1.807, 2.05) is 27.7 Å². The molecule has 0 atom stereocenters. The monoisotopic (exact) mass is 262 g/mol. The molecule has 1 aliphatic rings. The van der Waals surface area contributed by atoms with Crippen LogP contribution < -0.4 is 4.74 Å². The number of hydrogen-bond donors (Lipinski definition) is 0. The minimum Gasteiger partial charge on any atom is -0.494 e. The molecule has 0 amide bonds. The van der Waals surface area contributed by atoms with E-state index in [0.29, 0.717) is 17.0 Å². The van der Waals surface area contributed by atoms with Gasteiger partial charge in [-0.05, 0) is 27.7 Å². The zero-order chi connectivity index (χ0) is 14.3. The van der Waals surface area contributed by atoms with Crippen molar-refractivity contribution in [3.63, 3.8) is 0 Å². The Morgan fingerprint density at radius 3 is 2.05 bits per heavy atom. The van der Waals surface area contributed by atoms with Gasteiger partial charge in [-0.25, -0.2) is 9.97 Å². The molecule has 19 heavy (non-hydrogen) atoms. The molecule has 1 aliphatic heterocycles. The van der Waals surface area contributed by atoms with Crippen LogP contribution in [0.15, 0.2) is 19.0 Å². The molecule has 2 heterocycles. The fraction of sp³-hybridized carbons (Fsp3) is 0.538. The number of rotatable bonds is 3. The van der Waals surface area contributed by atoms with E-state index in [2.05, 4.69) is 16.5 Å². The van der Waals surface area contributed by atoms with Crippen LogP contribution in [0.4, 0.5) is 0 Å². The van der Waals surface area contributed by atoms with Crippen molar-refractivity contribution in [2.24, 2.45) is 0 Å². The summed E-state index contributed by atoms with van der Waals surface area (Å²) in [6.45, 7) is 12.0. The predicted molar refractivity (Wildman–Crippen MR) is 73.7 cm³/mol. The molecule has 0 bridgehead atoms. The van der Waals surface area contributed by atoms with Gasteiger partial charge < -0.3 is 14.0 Å². The van der Waals surface area contributed by atoms with Gasteiger partial charge in [0.05, 0.1) is 30.7 Å². The Hall–Kier alpha value is -1.40. The van der Waals surface area contributed by atoms with Crippen molar-refractivity contribution in [3.8, 4) is 5.75 Å². The lowest BCUT2D eigenvalue weighted by atomic mass is 9.79. The van der Waals surface area contributed by atoms with Crippen molar-refractivity contribution in [2.45, 2.75) is 38.9 Å². The molecule has 102 valence electrons. The number of ether oxygens (including phenoxy) is 1. The first-order valence-corrected chi connectivity index (χ1v) is 6.18. The second-order valence-electron chi connectivity index (χ2n) is 5.56. The van der Waals surface area contributed by atoms with Gasteiger partial charge in [-0.3, -0.25) is 0 Å². The standard InChI is InChI=1S/C13H19BN2O3/c1-9(11-15-7-10(17-6)8-16-11)14-18-12(2,3)13(4,5)19-14/h7-8H,1H2,2-6H3. The highest BCUT2D eigenvalue weighted by atomic mass is 16.7. The van der Waals surface area contributed by atoms with E-state index in [0.717, 1.165) is 0 Å². The average Bonchev–Trinajstić information content (AvgIpc) is 2.58. The van der Waals surface area contributed by atoms with Crippen LogP contribution in [0, 0.1) is 0 Å². The van der Waals surface area contributed by atoms with E-state index in [4.69, 9.17) is 14.0 Å². The minimum atomic E-state index is -0.529. The highest BCUT2D eigenvalue weighted by Crippen LogP contribution is 2.39. The predicted octanol–water partition coefficient (Wildman–Crippen LogP) is 2.13. The lowest BCUT2D eigenvalue weighted by Crippen LogP contribution is -2.41. The van der Waals surface area contributed by atoms with Gasteiger partial charge in [-0.1, -0.05) is 6.58 Å². The second kappa shape index (κ2) is 4.61. The van der Waals surface area contributed by atoms with Crippen molar-refractivity contribution >= 4 is 12.6 Å². The maximum absolute atomic E-state index is 5.90. The maximum atomic E-state index is 5.90. The number of hydrogen-bond acceptors (Lipinski definition) is 5. The number of nitrogens with zero attached hydrogens (tertiary/aromatic N) is 2. The minimum absolute atomic E-state index is 0.396. The molecule has 1 saturated heterocycles. The summed E-state index contributed by atoms with van der Waals surface area (Å²) < 4.78 is 16.8. The van der Waals surface area contributed by atoms with E-state index >= 15 is 0 Å². The highest BCUT2D eigenvalue weighted by molar-refractivity contribution is 6.68. The van der Waals surface area contributed by atoms with Crippen LogP contribution in [0.2, 0.25) is 0 Å². The average molecular weight is 262 g/mol. The van der Waals surface area contributed by atoms with Gasteiger partial charge in [0.1, 0.15) is 0 Å². The molecule has 0 radical (unpaired) electrons. The molecule has 5 nitrogen and oxygen atoms in total. The molecule has 0 unspecified atom stereocenters.